The van der Waals surface area contributed by atoms with E-state index >= 15 is 0 Å². The van der Waals surface area contributed by atoms with Crippen molar-refractivity contribution in [1.29, 1.82) is 0 Å². The highest BCUT2D eigenvalue weighted by molar-refractivity contribution is 7.86. The summed E-state index contributed by atoms with van der Waals surface area (Å²) in [7, 11) is -9.74. The third-order valence-corrected chi connectivity index (χ3v) is 10.2. The van der Waals surface area contributed by atoms with Crippen LogP contribution in [0.15, 0.2) is 107 Å². The van der Waals surface area contributed by atoms with Crippen molar-refractivity contribution >= 4 is 102 Å². The number of benzene rings is 4. The molecule has 4 aromatic carbocycles. The number of aromatic nitrogens is 6. The summed E-state index contributed by atoms with van der Waals surface area (Å²) in [5, 5.41) is 24.6. The van der Waals surface area contributed by atoms with Gasteiger partial charge in [0.15, 0.2) is 0 Å². The minimum Gasteiger partial charge on any atom is -0.395 e. The van der Waals surface area contributed by atoms with Gasteiger partial charge in [-0.05, 0) is 82.9 Å². The Kier molecular flexibility index (Phi) is 13.1. The summed E-state index contributed by atoms with van der Waals surface area (Å²) in [5.41, 5.74) is 1.44. The van der Waals surface area contributed by atoms with Gasteiger partial charge in [0.25, 0.3) is 20.2 Å². The Balaban J connectivity index is 1.28. The van der Waals surface area contributed by atoms with E-state index in [1.807, 2.05) is 12.1 Å². The lowest BCUT2D eigenvalue weighted by Crippen LogP contribution is -2.24. The molecule has 0 spiro atoms. The van der Waals surface area contributed by atoms with Crippen LogP contribution in [0.5, 0.6) is 0 Å². The molecular weight excluding hydrogens is 835 g/mol. The van der Waals surface area contributed by atoms with Gasteiger partial charge in [-0.15, -0.1) is 0 Å². The van der Waals surface area contributed by atoms with Gasteiger partial charge in [0.1, 0.15) is 9.79 Å². The average Bonchev–Trinajstić information content (AvgIpc) is 3.18. The number of hydrogen-bond donors (Lipinski definition) is 6. The highest BCUT2D eigenvalue weighted by atomic mass is 35.5. The number of aliphatic hydroxyl groups is 2. The number of aliphatic hydroxyl groups excluding tert-OH is 2. The van der Waals surface area contributed by atoms with Crippen molar-refractivity contribution in [2.45, 2.75) is 9.79 Å². The summed E-state index contributed by atoms with van der Waals surface area (Å²) < 4.78 is 70.6. The minimum atomic E-state index is -4.87. The summed E-state index contributed by atoms with van der Waals surface area (Å²) in [6.07, 6.45) is 2.46. The molecule has 6 aromatic rings. The van der Waals surface area contributed by atoms with Crippen LogP contribution in [0.4, 0.5) is 46.5 Å². The van der Waals surface area contributed by atoms with Gasteiger partial charge in [-0.2, -0.15) is 46.7 Å². The number of hydrogen-bond acceptors (Lipinski definition) is 16. The predicted molar refractivity (Wildman–Crippen MR) is 219 cm³/mol. The second kappa shape index (κ2) is 18.2. The molecule has 22 heteroatoms. The Bertz CT molecular complexity index is 2480. The van der Waals surface area contributed by atoms with Gasteiger partial charge in [0.05, 0.1) is 13.2 Å². The van der Waals surface area contributed by atoms with Crippen molar-refractivity contribution in [3.05, 3.63) is 119 Å². The largest absolute Gasteiger partial charge is 0.395 e. The number of halogens is 2. The maximum Gasteiger partial charge on any atom is 0.295 e. The van der Waals surface area contributed by atoms with E-state index in [4.69, 9.17) is 23.2 Å². The van der Waals surface area contributed by atoms with Gasteiger partial charge in [0, 0.05) is 35.8 Å². The van der Waals surface area contributed by atoms with Crippen molar-refractivity contribution in [2.24, 2.45) is 0 Å². The van der Waals surface area contributed by atoms with Gasteiger partial charge in [-0.1, -0.05) is 60.7 Å². The van der Waals surface area contributed by atoms with Crippen LogP contribution in [0, 0.1) is 0 Å². The molecule has 2 heterocycles. The Morgan fingerprint density at radius 2 is 0.931 bits per heavy atom. The first-order chi connectivity index (χ1) is 27.7. The molecule has 18 nitrogen and oxygen atoms in total. The molecule has 0 unspecified atom stereocenters. The second-order valence-corrected chi connectivity index (χ2v) is 15.4. The van der Waals surface area contributed by atoms with Crippen molar-refractivity contribution in [3.8, 4) is 0 Å². The SMILES string of the molecule is O=S(=O)(O)c1cc(Nc2nc(Cl)nc(N(CCO)c3ccccc3)n2)ccc1/C=C/c1ccc(Nc2nc(Cl)nc(N(CCO)c3ccccc3)n2)cc1S(=O)(=O)O. The molecule has 0 bridgehead atoms. The molecular formula is C36H32Cl2N10O8S2. The Labute approximate surface area is 342 Å². The van der Waals surface area contributed by atoms with E-state index in [1.54, 1.807) is 58.3 Å². The third kappa shape index (κ3) is 10.6. The summed E-state index contributed by atoms with van der Waals surface area (Å²) in [4.78, 5) is 27.2. The summed E-state index contributed by atoms with van der Waals surface area (Å²) >= 11 is 12.4. The van der Waals surface area contributed by atoms with Crippen LogP contribution in [-0.2, 0) is 20.2 Å². The molecule has 6 N–H and O–H groups in total. The number of anilines is 8. The van der Waals surface area contributed by atoms with Crippen LogP contribution in [-0.4, -0.2) is 92.4 Å². The number of para-hydroxylation sites is 2. The van der Waals surface area contributed by atoms with Crippen LogP contribution < -0.4 is 20.4 Å². The first-order valence-electron chi connectivity index (χ1n) is 16.9. The molecule has 0 aliphatic heterocycles. The summed E-state index contributed by atoms with van der Waals surface area (Å²) in [6, 6.07) is 25.6. The lowest BCUT2D eigenvalue weighted by molar-refractivity contribution is 0.305. The zero-order chi connectivity index (χ0) is 41.5. The topological polar surface area (TPSA) is 257 Å². The van der Waals surface area contributed by atoms with E-state index in [-0.39, 0.29) is 83.2 Å². The molecule has 58 heavy (non-hydrogen) atoms. The van der Waals surface area contributed by atoms with E-state index in [1.165, 1.54) is 36.4 Å². The lowest BCUT2D eigenvalue weighted by atomic mass is 10.1. The van der Waals surface area contributed by atoms with Gasteiger partial charge >= 0.3 is 0 Å². The van der Waals surface area contributed by atoms with Crippen LogP contribution in [0.2, 0.25) is 10.6 Å². The molecule has 0 aliphatic carbocycles. The molecule has 0 amide bonds. The highest BCUT2D eigenvalue weighted by Gasteiger charge is 2.21. The first kappa shape index (κ1) is 41.8. The lowest BCUT2D eigenvalue weighted by Gasteiger charge is -2.22. The molecule has 0 radical (unpaired) electrons. The highest BCUT2D eigenvalue weighted by Crippen LogP contribution is 2.30. The van der Waals surface area contributed by atoms with E-state index in [2.05, 4.69) is 40.5 Å². The molecule has 0 fully saturated rings. The van der Waals surface area contributed by atoms with Gasteiger partial charge in [-0.25, -0.2) is 0 Å². The first-order valence-corrected chi connectivity index (χ1v) is 20.5. The zero-order valence-corrected chi connectivity index (χ0v) is 32.9. The van der Waals surface area contributed by atoms with Crippen molar-refractivity contribution in [3.63, 3.8) is 0 Å². The van der Waals surface area contributed by atoms with E-state index in [0.29, 0.717) is 11.4 Å². The van der Waals surface area contributed by atoms with Crippen LogP contribution in [0.25, 0.3) is 12.2 Å². The molecule has 0 atom stereocenters. The van der Waals surface area contributed by atoms with E-state index in [0.717, 1.165) is 12.1 Å². The fourth-order valence-electron chi connectivity index (χ4n) is 5.52. The summed E-state index contributed by atoms with van der Waals surface area (Å²) in [6.45, 7) is -0.243. The van der Waals surface area contributed by atoms with Gasteiger partial charge in [-0.3, -0.25) is 9.11 Å². The number of nitrogens with one attached hydrogen (secondary N) is 2. The van der Waals surface area contributed by atoms with Crippen LogP contribution >= 0.6 is 23.2 Å². The molecule has 0 saturated carbocycles. The Morgan fingerprint density at radius 1 is 0.552 bits per heavy atom. The van der Waals surface area contributed by atoms with Crippen LogP contribution in [0.1, 0.15) is 11.1 Å². The Hall–Kier alpha value is -5.84. The Morgan fingerprint density at radius 3 is 1.28 bits per heavy atom. The fourth-order valence-corrected chi connectivity index (χ4v) is 7.25. The fraction of sp³-hybridized carbons (Fsp3) is 0.111. The minimum absolute atomic E-state index is 0.0534. The molecule has 0 saturated heterocycles. The monoisotopic (exact) mass is 866 g/mol. The normalized spacial score (nSPS) is 11.8. The summed E-state index contributed by atoms with van der Waals surface area (Å²) in [5.74, 6) is 0.00380. The van der Waals surface area contributed by atoms with Gasteiger partial charge < -0.3 is 30.6 Å². The quantitative estimate of drug-likeness (QED) is 0.0498. The average molecular weight is 868 g/mol. The van der Waals surface area contributed by atoms with E-state index in [9.17, 15) is 36.2 Å². The molecule has 6 rings (SSSR count). The second-order valence-electron chi connectivity index (χ2n) is 11.9. The van der Waals surface area contributed by atoms with Crippen LogP contribution in [0.3, 0.4) is 0 Å². The maximum atomic E-state index is 12.6. The number of nitrogens with zero attached hydrogens (tertiary/aromatic N) is 8. The van der Waals surface area contributed by atoms with Crippen molar-refractivity contribution < 1.29 is 36.2 Å². The van der Waals surface area contributed by atoms with E-state index < -0.39 is 30.0 Å². The molecule has 0 aliphatic rings. The van der Waals surface area contributed by atoms with Gasteiger partial charge in [0.2, 0.25) is 34.4 Å². The third-order valence-electron chi connectivity index (χ3n) is 8.00. The van der Waals surface area contributed by atoms with Crippen molar-refractivity contribution in [1.82, 2.24) is 29.9 Å². The zero-order valence-electron chi connectivity index (χ0n) is 29.8. The predicted octanol–water partition coefficient (Wildman–Crippen LogP) is 5.78. The maximum absolute atomic E-state index is 12.6. The standard InChI is InChI=1S/C36H32Cl2N10O8S2/c37-31-41-33(45-35(43-31)47(17-19-49)27-7-3-1-4-8-27)39-25-15-13-23(29(21-25)57(51,52)53)11-12-24-14-16-26(22-30(24)58(54,55)56)40-34-42-32(38)44-36(46-34)48(18-20-50)28-9-5-2-6-10-28/h1-16,21-22,49-50H,17-20H2,(H,51,52,53)(H,54,55,56)(H,39,41,43,45)(H,40,42,44,46)/b12-11+. The molecule has 2 aromatic heterocycles. The smallest absolute Gasteiger partial charge is 0.295 e. The van der Waals surface area contributed by atoms with Crippen molar-refractivity contribution in [2.75, 3.05) is 46.7 Å². The molecule has 300 valence electrons. The number of rotatable bonds is 16.